The predicted molar refractivity (Wildman–Crippen MR) is 149 cm³/mol. The van der Waals surface area contributed by atoms with E-state index in [9.17, 15) is 33.0 Å². The molecule has 43 heavy (non-hydrogen) atoms. The van der Waals surface area contributed by atoms with Crippen molar-refractivity contribution in [3.05, 3.63) is 93.8 Å². The van der Waals surface area contributed by atoms with Crippen molar-refractivity contribution in [1.29, 1.82) is 0 Å². The normalized spacial score (nSPS) is 18.0. The molecule has 1 saturated carbocycles. The molecule has 1 amide bonds. The van der Waals surface area contributed by atoms with Crippen molar-refractivity contribution in [2.75, 3.05) is 11.4 Å². The highest BCUT2D eigenvalue weighted by Crippen LogP contribution is 2.39. The van der Waals surface area contributed by atoms with Crippen LogP contribution in [0.1, 0.15) is 84.0 Å². The lowest BCUT2D eigenvalue weighted by molar-refractivity contribution is -0.120. The Morgan fingerprint density at radius 3 is 2.02 bits per heavy atom. The molecule has 0 unspecified atom stereocenters. The number of carboxylic acid groups (broad SMARTS) is 1. The molecule has 0 spiro atoms. The minimum absolute atomic E-state index is 0.172. The Morgan fingerprint density at radius 2 is 1.47 bits per heavy atom. The van der Waals surface area contributed by atoms with Crippen molar-refractivity contribution < 1.29 is 41.8 Å². The van der Waals surface area contributed by atoms with Crippen molar-refractivity contribution in [1.82, 2.24) is 5.32 Å². The number of aromatic hydroxyl groups is 1. The van der Waals surface area contributed by atoms with Gasteiger partial charge in [-0.1, -0.05) is 43.5 Å². The lowest BCUT2D eigenvalue weighted by Gasteiger charge is -2.35. The average molecular weight is 603 g/mol. The van der Waals surface area contributed by atoms with Gasteiger partial charge in [0.15, 0.2) is 23.3 Å². The maximum absolute atomic E-state index is 15.4. The van der Waals surface area contributed by atoms with Gasteiger partial charge in [0.05, 0.1) is 17.6 Å². The van der Waals surface area contributed by atoms with Crippen LogP contribution in [-0.4, -0.2) is 34.7 Å². The third kappa shape index (κ3) is 6.08. The number of carbonyl (C=O) groups is 2. The summed E-state index contributed by atoms with van der Waals surface area (Å²) in [5, 5.41) is 22.8. The number of carboxylic acids is 1. The van der Waals surface area contributed by atoms with Gasteiger partial charge in [0.2, 0.25) is 11.7 Å². The topological polar surface area (TPSA) is 89.9 Å². The van der Waals surface area contributed by atoms with Crippen LogP contribution in [-0.2, 0) is 11.2 Å². The highest BCUT2D eigenvalue weighted by Gasteiger charge is 2.39. The summed E-state index contributed by atoms with van der Waals surface area (Å²) >= 11 is 0. The highest BCUT2D eigenvalue weighted by molar-refractivity contribution is 5.99. The second-order valence-electron chi connectivity index (χ2n) is 11.1. The van der Waals surface area contributed by atoms with Crippen LogP contribution in [0, 0.1) is 29.1 Å². The summed E-state index contributed by atoms with van der Waals surface area (Å²) in [6.07, 6.45) is 6.03. The van der Waals surface area contributed by atoms with E-state index in [1.165, 1.54) is 6.42 Å². The molecule has 1 aliphatic heterocycles. The molecule has 3 N–H and O–H groups in total. The molecule has 5 rings (SSSR count). The molecule has 1 heterocycles. The van der Waals surface area contributed by atoms with Crippen LogP contribution in [0.4, 0.5) is 27.6 Å². The first-order chi connectivity index (χ1) is 20.6. The zero-order valence-corrected chi connectivity index (χ0v) is 23.2. The number of hydrogen-bond donors (Lipinski definition) is 3. The molecule has 2 atom stereocenters. The highest BCUT2D eigenvalue weighted by atomic mass is 19.2. The van der Waals surface area contributed by atoms with E-state index in [1.807, 2.05) is 12.1 Å². The lowest BCUT2D eigenvalue weighted by Crippen LogP contribution is -2.46. The van der Waals surface area contributed by atoms with Gasteiger partial charge in [-0.05, 0) is 67.8 Å². The van der Waals surface area contributed by atoms with Gasteiger partial charge in [0, 0.05) is 11.8 Å². The minimum atomic E-state index is -2.33. The summed E-state index contributed by atoms with van der Waals surface area (Å²) in [7, 11) is 0. The molecule has 3 aromatic carbocycles. The van der Waals surface area contributed by atoms with E-state index in [2.05, 4.69) is 5.32 Å². The number of nitrogens with one attached hydrogen (secondary N) is 1. The predicted octanol–water partition coefficient (Wildman–Crippen LogP) is 6.90. The first-order valence-corrected chi connectivity index (χ1v) is 14.3. The van der Waals surface area contributed by atoms with Crippen LogP contribution in [0.5, 0.6) is 5.75 Å². The maximum Gasteiger partial charge on any atom is 0.339 e. The summed E-state index contributed by atoms with van der Waals surface area (Å²) < 4.78 is 74.1. The fraction of sp³-hybridized carbons (Fsp3) is 0.375. The second kappa shape index (κ2) is 12.7. The van der Waals surface area contributed by atoms with Crippen LogP contribution in [0.3, 0.4) is 0 Å². The number of benzene rings is 3. The van der Waals surface area contributed by atoms with Crippen molar-refractivity contribution in [3.63, 3.8) is 0 Å². The number of amides is 1. The molecular formula is C32H31F5N2O4. The van der Waals surface area contributed by atoms with Crippen LogP contribution in [0.2, 0.25) is 0 Å². The third-order valence-electron chi connectivity index (χ3n) is 8.46. The van der Waals surface area contributed by atoms with E-state index in [0.29, 0.717) is 30.9 Å². The van der Waals surface area contributed by atoms with Crippen molar-refractivity contribution in [3.8, 4) is 5.75 Å². The monoisotopic (exact) mass is 602 g/mol. The van der Waals surface area contributed by atoms with Crippen LogP contribution in [0.25, 0.3) is 0 Å². The number of hydrogen-bond acceptors (Lipinski definition) is 4. The molecule has 3 aromatic rings. The van der Waals surface area contributed by atoms with Crippen LogP contribution < -0.4 is 10.2 Å². The molecule has 2 aliphatic rings. The fourth-order valence-corrected chi connectivity index (χ4v) is 6.20. The van der Waals surface area contributed by atoms with E-state index in [4.69, 9.17) is 0 Å². The number of aromatic carboxylic acids is 1. The van der Waals surface area contributed by atoms with Crippen LogP contribution in [0.15, 0.2) is 42.5 Å². The Bertz CT molecular complexity index is 1490. The minimum Gasteiger partial charge on any atom is -0.507 e. The SMILES string of the molecule is O=C(O)c1ccc(N(C(=O)[C@H]2CCCN2)[C@H](Cc2ccc(C3CCCCC3)cc2)c2c(F)c(F)c(F)c(F)c2F)cc1O. The van der Waals surface area contributed by atoms with E-state index in [1.54, 1.807) is 12.1 Å². The quantitative estimate of drug-likeness (QED) is 0.148. The second-order valence-corrected chi connectivity index (χ2v) is 11.1. The molecule has 0 bridgehead atoms. The molecule has 228 valence electrons. The fourth-order valence-electron chi connectivity index (χ4n) is 6.20. The number of rotatable bonds is 8. The van der Waals surface area contributed by atoms with Crippen molar-refractivity contribution in [2.24, 2.45) is 0 Å². The summed E-state index contributed by atoms with van der Waals surface area (Å²) in [6, 6.07) is 7.66. The lowest BCUT2D eigenvalue weighted by atomic mass is 9.83. The van der Waals surface area contributed by atoms with E-state index < -0.39 is 69.9 Å². The summed E-state index contributed by atoms with van der Waals surface area (Å²) in [4.78, 5) is 26.4. The van der Waals surface area contributed by atoms with Gasteiger partial charge in [0.1, 0.15) is 11.3 Å². The average Bonchev–Trinajstić information content (AvgIpc) is 3.55. The molecular weight excluding hydrogens is 571 g/mol. The van der Waals surface area contributed by atoms with Crippen molar-refractivity contribution in [2.45, 2.75) is 69.4 Å². The van der Waals surface area contributed by atoms with E-state index in [0.717, 1.165) is 54.3 Å². The number of halogens is 5. The Hall–Kier alpha value is -3.99. The number of carbonyl (C=O) groups excluding carboxylic acids is 1. The smallest absolute Gasteiger partial charge is 0.339 e. The molecule has 2 fully saturated rings. The zero-order chi connectivity index (χ0) is 30.8. The number of phenols is 1. The molecule has 0 radical (unpaired) electrons. The zero-order valence-electron chi connectivity index (χ0n) is 23.2. The van der Waals surface area contributed by atoms with Gasteiger partial charge in [0.25, 0.3) is 0 Å². The van der Waals surface area contributed by atoms with Gasteiger partial charge in [-0.2, -0.15) is 0 Å². The van der Waals surface area contributed by atoms with Gasteiger partial charge < -0.3 is 20.4 Å². The van der Waals surface area contributed by atoms with E-state index >= 15 is 8.78 Å². The molecule has 6 nitrogen and oxygen atoms in total. The van der Waals surface area contributed by atoms with Gasteiger partial charge in [-0.15, -0.1) is 0 Å². The Balaban J connectivity index is 1.66. The Labute approximate surface area is 245 Å². The summed E-state index contributed by atoms with van der Waals surface area (Å²) in [6.45, 7) is 0.462. The largest absolute Gasteiger partial charge is 0.507 e. The van der Waals surface area contributed by atoms with E-state index in [-0.39, 0.29) is 12.1 Å². The third-order valence-corrected chi connectivity index (χ3v) is 8.46. The van der Waals surface area contributed by atoms with Gasteiger partial charge in [-0.25, -0.2) is 26.7 Å². The standard InChI is InChI=1S/C32H31F5N2O4/c33-26-25(27(34)29(36)30(37)28(26)35)23(15-17-8-10-19(11-9-17)18-5-2-1-3-6-18)39(31(41)22-7-4-14-38-22)20-12-13-21(32(42)43)24(40)16-20/h8-13,16,18,22-23,38,40H,1-7,14-15H2,(H,42,43)/t22-,23-/m1/s1. The molecule has 0 aromatic heterocycles. The van der Waals surface area contributed by atoms with Crippen LogP contribution >= 0.6 is 0 Å². The maximum atomic E-state index is 15.4. The first-order valence-electron chi connectivity index (χ1n) is 14.3. The number of anilines is 1. The van der Waals surface area contributed by atoms with Gasteiger partial charge >= 0.3 is 5.97 Å². The number of nitrogens with zero attached hydrogens (tertiary/aromatic N) is 1. The summed E-state index contributed by atoms with van der Waals surface area (Å²) in [5.41, 5.74) is -0.332. The Kier molecular flexibility index (Phi) is 9.00. The molecule has 11 heteroatoms. The summed E-state index contributed by atoms with van der Waals surface area (Å²) in [5.74, 6) is -13.4. The Morgan fingerprint density at radius 1 is 0.837 bits per heavy atom. The first kappa shape index (κ1) is 30.5. The van der Waals surface area contributed by atoms with Gasteiger partial charge in [-0.3, -0.25) is 4.79 Å². The molecule has 1 saturated heterocycles. The molecule has 1 aliphatic carbocycles. The van der Waals surface area contributed by atoms with Crippen molar-refractivity contribution >= 4 is 17.6 Å².